The highest BCUT2D eigenvalue weighted by Crippen LogP contribution is 2.28. The second kappa shape index (κ2) is 7.97. The summed E-state index contributed by atoms with van der Waals surface area (Å²) in [4.78, 5) is 17.8. The topological polar surface area (TPSA) is 58.4 Å². The lowest BCUT2D eigenvalue weighted by atomic mass is 10.0. The fraction of sp³-hybridized carbons (Fsp3) is 0.238. The summed E-state index contributed by atoms with van der Waals surface area (Å²) in [5.74, 6) is -0.0809. The number of aromatic nitrogens is 2. The Morgan fingerprint density at radius 1 is 1.12 bits per heavy atom. The predicted octanol–water partition coefficient (Wildman–Crippen LogP) is 3.79. The summed E-state index contributed by atoms with van der Waals surface area (Å²) >= 11 is 0. The van der Waals surface area contributed by atoms with E-state index in [4.69, 9.17) is 5.11 Å². The van der Waals surface area contributed by atoms with Crippen LogP contribution in [0.25, 0.3) is 11.4 Å². The predicted molar refractivity (Wildman–Crippen MR) is 102 cm³/mol. The summed E-state index contributed by atoms with van der Waals surface area (Å²) in [7, 11) is 4.14. The minimum Gasteiger partial charge on any atom is -0.478 e. The molecule has 1 N–H and O–H groups in total. The Morgan fingerprint density at radius 3 is 2.42 bits per heavy atom. The number of carboxylic acid groups (broad SMARTS) is 1. The highest BCUT2D eigenvalue weighted by Gasteiger charge is 2.18. The molecule has 5 heteroatoms. The monoisotopic (exact) mass is 349 g/mol. The second-order valence-corrected chi connectivity index (χ2v) is 6.56. The maximum atomic E-state index is 11.1. The highest BCUT2D eigenvalue weighted by atomic mass is 16.4. The van der Waals surface area contributed by atoms with Crippen molar-refractivity contribution in [2.75, 3.05) is 20.6 Å². The molecule has 0 saturated heterocycles. The Morgan fingerprint density at radius 2 is 1.81 bits per heavy atom. The van der Waals surface area contributed by atoms with E-state index in [1.807, 2.05) is 24.4 Å². The second-order valence-electron chi connectivity index (χ2n) is 6.56. The Kier molecular flexibility index (Phi) is 5.49. The summed E-state index contributed by atoms with van der Waals surface area (Å²) in [5, 5.41) is 9.09. The smallest absolute Gasteiger partial charge is 0.335 e. The maximum Gasteiger partial charge on any atom is 0.335 e. The highest BCUT2D eigenvalue weighted by molar-refractivity contribution is 5.88. The van der Waals surface area contributed by atoms with Crippen LogP contribution in [0.5, 0.6) is 0 Å². The van der Waals surface area contributed by atoms with Crippen LogP contribution in [0, 0.1) is 0 Å². The zero-order valence-corrected chi connectivity index (χ0v) is 15.0. The molecule has 0 aliphatic carbocycles. The number of rotatable bonds is 7. The van der Waals surface area contributed by atoms with Crippen LogP contribution < -0.4 is 0 Å². The molecule has 0 spiro atoms. The Hall–Kier alpha value is -2.92. The summed E-state index contributed by atoms with van der Waals surface area (Å²) < 4.78 is 2.18. The van der Waals surface area contributed by atoms with Gasteiger partial charge >= 0.3 is 5.97 Å². The van der Waals surface area contributed by atoms with Crippen molar-refractivity contribution in [1.82, 2.24) is 14.5 Å². The van der Waals surface area contributed by atoms with Crippen LogP contribution in [0.2, 0.25) is 0 Å². The van der Waals surface area contributed by atoms with E-state index in [0.29, 0.717) is 0 Å². The molecule has 0 unspecified atom stereocenters. The van der Waals surface area contributed by atoms with Crippen LogP contribution in [0.1, 0.15) is 28.4 Å². The summed E-state index contributed by atoms with van der Waals surface area (Å²) in [5.41, 5.74) is 2.42. The molecule has 3 rings (SSSR count). The lowest BCUT2D eigenvalue weighted by Crippen LogP contribution is -2.20. The Balaban J connectivity index is 1.98. The van der Waals surface area contributed by atoms with E-state index in [9.17, 15) is 4.79 Å². The fourth-order valence-electron chi connectivity index (χ4n) is 3.07. The standard InChI is InChI=1S/C21H23N3O2/c1-23(2)14-12-19(16-6-4-3-5-7-16)24-15-13-22-20(24)17-8-10-18(11-9-17)21(25)26/h3-11,13,15,19H,12,14H2,1-2H3,(H,25,26)/t19-/m0/s1. The summed E-state index contributed by atoms with van der Waals surface area (Å²) in [6, 6.07) is 17.4. The van der Waals surface area contributed by atoms with Crippen LogP contribution >= 0.6 is 0 Å². The van der Waals surface area contributed by atoms with Crippen LogP contribution in [-0.2, 0) is 0 Å². The zero-order valence-electron chi connectivity index (χ0n) is 15.0. The fourth-order valence-corrected chi connectivity index (χ4v) is 3.07. The van der Waals surface area contributed by atoms with Crippen molar-refractivity contribution in [3.63, 3.8) is 0 Å². The molecule has 0 aliphatic heterocycles. The number of imidazole rings is 1. The minimum atomic E-state index is -0.923. The van der Waals surface area contributed by atoms with Gasteiger partial charge in [-0.05, 0) is 44.8 Å². The van der Waals surface area contributed by atoms with Crippen molar-refractivity contribution < 1.29 is 9.90 Å². The van der Waals surface area contributed by atoms with Gasteiger partial charge < -0.3 is 14.6 Å². The third kappa shape index (κ3) is 4.00. The minimum absolute atomic E-state index is 0.162. The molecule has 2 aromatic carbocycles. The first-order chi connectivity index (χ1) is 12.6. The molecular formula is C21H23N3O2. The molecule has 1 aromatic heterocycles. The first-order valence-corrected chi connectivity index (χ1v) is 8.62. The molecule has 1 atom stereocenters. The largest absolute Gasteiger partial charge is 0.478 e. The first-order valence-electron chi connectivity index (χ1n) is 8.62. The van der Waals surface area contributed by atoms with Gasteiger partial charge in [0, 0.05) is 18.0 Å². The van der Waals surface area contributed by atoms with Crippen LogP contribution in [-0.4, -0.2) is 46.2 Å². The van der Waals surface area contributed by atoms with E-state index in [0.717, 1.165) is 24.4 Å². The van der Waals surface area contributed by atoms with Gasteiger partial charge in [-0.3, -0.25) is 0 Å². The lowest BCUT2D eigenvalue weighted by Gasteiger charge is -2.23. The maximum absolute atomic E-state index is 11.1. The van der Waals surface area contributed by atoms with Gasteiger partial charge in [-0.25, -0.2) is 9.78 Å². The molecule has 3 aromatic rings. The van der Waals surface area contributed by atoms with E-state index in [2.05, 4.69) is 52.8 Å². The number of hydrogen-bond acceptors (Lipinski definition) is 3. The molecule has 5 nitrogen and oxygen atoms in total. The molecule has 0 bridgehead atoms. The average molecular weight is 349 g/mol. The van der Waals surface area contributed by atoms with Gasteiger partial charge in [-0.2, -0.15) is 0 Å². The summed E-state index contributed by atoms with van der Waals surface area (Å²) in [6.45, 7) is 0.954. The van der Waals surface area contributed by atoms with Gasteiger partial charge in [-0.15, -0.1) is 0 Å². The van der Waals surface area contributed by atoms with Crippen molar-refractivity contribution >= 4 is 5.97 Å². The Bertz CT molecular complexity index is 854. The number of benzene rings is 2. The van der Waals surface area contributed by atoms with E-state index in [-0.39, 0.29) is 11.6 Å². The third-order valence-electron chi connectivity index (χ3n) is 4.43. The van der Waals surface area contributed by atoms with Crippen molar-refractivity contribution in [2.24, 2.45) is 0 Å². The first kappa shape index (κ1) is 17.9. The van der Waals surface area contributed by atoms with Crippen LogP contribution in [0.4, 0.5) is 0 Å². The van der Waals surface area contributed by atoms with Gasteiger partial charge in [0.25, 0.3) is 0 Å². The van der Waals surface area contributed by atoms with Gasteiger partial charge in [0.05, 0.1) is 11.6 Å². The number of aromatic carboxylic acids is 1. The van der Waals surface area contributed by atoms with Gasteiger partial charge in [0.1, 0.15) is 5.82 Å². The number of carboxylic acids is 1. The van der Waals surface area contributed by atoms with Gasteiger partial charge in [0.15, 0.2) is 0 Å². The Labute approximate surface area is 153 Å². The zero-order chi connectivity index (χ0) is 18.5. The molecule has 0 saturated carbocycles. The van der Waals surface area contributed by atoms with Gasteiger partial charge in [-0.1, -0.05) is 42.5 Å². The van der Waals surface area contributed by atoms with Crippen molar-refractivity contribution in [3.8, 4) is 11.4 Å². The molecule has 0 aliphatic rings. The molecule has 134 valence electrons. The van der Waals surface area contributed by atoms with Crippen molar-refractivity contribution in [2.45, 2.75) is 12.5 Å². The average Bonchev–Trinajstić information content (AvgIpc) is 3.12. The molecule has 0 fully saturated rings. The quantitative estimate of drug-likeness (QED) is 0.705. The molecule has 26 heavy (non-hydrogen) atoms. The number of hydrogen-bond donors (Lipinski definition) is 1. The lowest BCUT2D eigenvalue weighted by molar-refractivity contribution is 0.0697. The molecule has 1 heterocycles. The van der Waals surface area contributed by atoms with Crippen LogP contribution in [0.15, 0.2) is 67.0 Å². The molecule has 0 amide bonds. The molecule has 0 radical (unpaired) electrons. The van der Waals surface area contributed by atoms with E-state index < -0.39 is 5.97 Å². The van der Waals surface area contributed by atoms with E-state index in [1.165, 1.54) is 5.56 Å². The van der Waals surface area contributed by atoms with Gasteiger partial charge in [0.2, 0.25) is 0 Å². The van der Waals surface area contributed by atoms with Crippen molar-refractivity contribution in [1.29, 1.82) is 0 Å². The number of nitrogens with zero attached hydrogens (tertiary/aromatic N) is 3. The van der Waals surface area contributed by atoms with E-state index in [1.54, 1.807) is 18.3 Å². The van der Waals surface area contributed by atoms with E-state index >= 15 is 0 Å². The molecular weight excluding hydrogens is 326 g/mol. The normalized spacial score (nSPS) is 12.3. The van der Waals surface area contributed by atoms with Crippen molar-refractivity contribution in [3.05, 3.63) is 78.1 Å². The van der Waals surface area contributed by atoms with Crippen LogP contribution in [0.3, 0.4) is 0 Å². The summed E-state index contributed by atoms with van der Waals surface area (Å²) in [6.07, 6.45) is 4.74. The number of carbonyl (C=O) groups is 1. The third-order valence-corrected chi connectivity index (χ3v) is 4.43. The SMILES string of the molecule is CN(C)CC[C@@H](c1ccccc1)n1ccnc1-c1ccc(C(=O)O)cc1.